The highest BCUT2D eigenvalue weighted by atomic mass is 79.9. The predicted octanol–water partition coefficient (Wildman–Crippen LogP) is 2.89. The highest BCUT2D eigenvalue weighted by Gasteiger charge is 2.22. The Bertz CT molecular complexity index is 586. The van der Waals surface area contributed by atoms with Gasteiger partial charge >= 0.3 is 0 Å². The third-order valence-electron chi connectivity index (χ3n) is 2.89. The van der Waals surface area contributed by atoms with E-state index < -0.39 is 11.9 Å². The Morgan fingerprint density at radius 2 is 2.26 bits per heavy atom. The summed E-state index contributed by atoms with van der Waals surface area (Å²) < 4.78 is 21.2. The fourth-order valence-electron chi connectivity index (χ4n) is 1.90. The fourth-order valence-corrected chi connectivity index (χ4v) is 2.41. The molecule has 2 aromatic rings. The maximum absolute atomic E-state index is 14.0. The summed E-state index contributed by atoms with van der Waals surface area (Å²) >= 11 is 3.32. The minimum atomic E-state index is -1.08. The van der Waals surface area contributed by atoms with Crippen LogP contribution in [0.1, 0.15) is 24.3 Å². The van der Waals surface area contributed by atoms with E-state index >= 15 is 0 Å². The molecule has 0 saturated heterocycles. The van der Waals surface area contributed by atoms with Crippen molar-refractivity contribution in [1.82, 2.24) is 9.78 Å². The smallest absolute Gasteiger partial charge is 0.133 e. The maximum Gasteiger partial charge on any atom is 0.133 e. The summed E-state index contributed by atoms with van der Waals surface area (Å²) in [6.45, 7) is 2.50. The first-order valence-corrected chi connectivity index (χ1v) is 6.60. The standard InChI is InChI=1S/C13H14BrFN2O2/c1-3-17-12(10(14)7-16-17)13(18)9-5-4-8(19-2)6-11(9)15/h4-7,13,18H,3H2,1-2H3. The van der Waals surface area contributed by atoms with Gasteiger partial charge in [0.1, 0.15) is 17.7 Å². The minimum Gasteiger partial charge on any atom is -0.497 e. The second-order valence-electron chi connectivity index (χ2n) is 3.98. The van der Waals surface area contributed by atoms with E-state index in [-0.39, 0.29) is 5.56 Å². The van der Waals surface area contributed by atoms with Crippen LogP contribution in [-0.2, 0) is 6.54 Å². The molecule has 0 spiro atoms. The van der Waals surface area contributed by atoms with Gasteiger partial charge in [-0.2, -0.15) is 5.10 Å². The Labute approximate surface area is 118 Å². The van der Waals surface area contributed by atoms with Gasteiger partial charge in [0.15, 0.2) is 0 Å². The zero-order valence-corrected chi connectivity index (χ0v) is 12.2. The van der Waals surface area contributed by atoms with Gasteiger partial charge in [-0.3, -0.25) is 4.68 Å². The lowest BCUT2D eigenvalue weighted by Crippen LogP contribution is -2.11. The van der Waals surface area contributed by atoms with Crippen LogP contribution in [0.3, 0.4) is 0 Å². The average molecular weight is 329 g/mol. The van der Waals surface area contributed by atoms with Crippen molar-refractivity contribution in [2.45, 2.75) is 19.6 Å². The molecule has 0 fully saturated rings. The zero-order chi connectivity index (χ0) is 14.0. The van der Waals surface area contributed by atoms with Gasteiger partial charge in [-0.15, -0.1) is 0 Å². The first-order valence-electron chi connectivity index (χ1n) is 5.81. The summed E-state index contributed by atoms with van der Waals surface area (Å²) in [6, 6.07) is 4.37. The Morgan fingerprint density at radius 3 is 2.84 bits per heavy atom. The number of benzene rings is 1. The molecule has 1 atom stereocenters. The van der Waals surface area contributed by atoms with Crippen molar-refractivity contribution in [3.63, 3.8) is 0 Å². The Hall–Kier alpha value is -1.40. The largest absolute Gasteiger partial charge is 0.497 e. The molecule has 1 aromatic carbocycles. The molecule has 2 rings (SSSR count). The fraction of sp³-hybridized carbons (Fsp3) is 0.308. The third-order valence-corrected chi connectivity index (χ3v) is 3.50. The zero-order valence-electron chi connectivity index (χ0n) is 10.6. The lowest BCUT2D eigenvalue weighted by atomic mass is 10.1. The summed E-state index contributed by atoms with van der Waals surface area (Å²) in [5, 5.41) is 14.5. The van der Waals surface area contributed by atoms with E-state index in [0.717, 1.165) is 0 Å². The van der Waals surface area contributed by atoms with Crippen LogP contribution in [0.2, 0.25) is 0 Å². The van der Waals surface area contributed by atoms with Gasteiger partial charge in [0.05, 0.1) is 23.5 Å². The average Bonchev–Trinajstić information content (AvgIpc) is 2.78. The van der Waals surface area contributed by atoms with Gasteiger partial charge in [0.25, 0.3) is 0 Å². The summed E-state index contributed by atoms with van der Waals surface area (Å²) in [6.07, 6.45) is 0.506. The molecule has 1 unspecified atom stereocenters. The molecule has 0 aliphatic rings. The second kappa shape index (κ2) is 5.71. The molecule has 4 nitrogen and oxygen atoms in total. The van der Waals surface area contributed by atoms with Crippen LogP contribution < -0.4 is 4.74 Å². The summed E-state index contributed by atoms with van der Waals surface area (Å²) in [5.74, 6) is -0.0980. The maximum atomic E-state index is 14.0. The van der Waals surface area contributed by atoms with Gasteiger partial charge in [-0.1, -0.05) is 0 Å². The van der Waals surface area contributed by atoms with Gasteiger partial charge in [-0.25, -0.2) is 4.39 Å². The lowest BCUT2D eigenvalue weighted by Gasteiger charge is -2.15. The normalized spacial score (nSPS) is 12.5. The molecule has 0 amide bonds. The number of aliphatic hydroxyl groups is 1. The number of rotatable bonds is 4. The predicted molar refractivity (Wildman–Crippen MR) is 72.6 cm³/mol. The van der Waals surface area contributed by atoms with Crippen LogP contribution in [0.5, 0.6) is 5.75 Å². The Balaban J connectivity index is 2.43. The van der Waals surface area contributed by atoms with E-state index in [9.17, 15) is 9.50 Å². The number of aryl methyl sites for hydroxylation is 1. The molecular formula is C13H14BrFN2O2. The van der Waals surface area contributed by atoms with E-state index in [1.807, 2.05) is 6.92 Å². The Kier molecular flexibility index (Phi) is 4.21. The van der Waals surface area contributed by atoms with Crippen molar-refractivity contribution in [3.05, 3.63) is 45.9 Å². The molecule has 102 valence electrons. The summed E-state index contributed by atoms with van der Waals surface area (Å²) in [4.78, 5) is 0. The SMILES string of the molecule is CCn1ncc(Br)c1C(O)c1ccc(OC)cc1F. The molecule has 0 aliphatic heterocycles. The van der Waals surface area contributed by atoms with Crippen LogP contribution in [-0.4, -0.2) is 22.0 Å². The number of hydrogen-bond donors (Lipinski definition) is 1. The van der Waals surface area contributed by atoms with E-state index in [2.05, 4.69) is 21.0 Å². The number of aromatic nitrogens is 2. The number of nitrogens with zero attached hydrogens (tertiary/aromatic N) is 2. The lowest BCUT2D eigenvalue weighted by molar-refractivity contribution is 0.202. The number of hydrogen-bond acceptors (Lipinski definition) is 3. The van der Waals surface area contributed by atoms with Crippen molar-refractivity contribution in [2.24, 2.45) is 0 Å². The quantitative estimate of drug-likeness (QED) is 0.938. The van der Waals surface area contributed by atoms with E-state index in [0.29, 0.717) is 22.5 Å². The molecule has 1 aromatic heterocycles. The summed E-state index contributed by atoms with van der Waals surface area (Å²) in [5.41, 5.74) is 0.725. The van der Waals surface area contributed by atoms with Gasteiger partial charge in [-0.05, 0) is 35.0 Å². The first kappa shape index (κ1) is 14.0. The molecule has 0 saturated carbocycles. The highest BCUT2D eigenvalue weighted by molar-refractivity contribution is 9.10. The highest BCUT2D eigenvalue weighted by Crippen LogP contribution is 2.31. The molecule has 1 N–H and O–H groups in total. The first-order chi connectivity index (χ1) is 9.08. The van der Waals surface area contributed by atoms with Gasteiger partial charge < -0.3 is 9.84 Å². The van der Waals surface area contributed by atoms with Crippen LogP contribution in [0.25, 0.3) is 0 Å². The number of aliphatic hydroxyl groups excluding tert-OH is 1. The molecule has 0 aliphatic carbocycles. The van der Waals surface area contributed by atoms with Gasteiger partial charge in [0, 0.05) is 18.2 Å². The second-order valence-corrected chi connectivity index (χ2v) is 4.84. The summed E-state index contributed by atoms with van der Waals surface area (Å²) in [7, 11) is 1.47. The molecule has 0 bridgehead atoms. The topological polar surface area (TPSA) is 47.3 Å². The van der Waals surface area contributed by atoms with Crippen molar-refractivity contribution >= 4 is 15.9 Å². The van der Waals surface area contributed by atoms with Gasteiger partial charge in [0.2, 0.25) is 0 Å². The number of ether oxygens (including phenoxy) is 1. The molecule has 19 heavy (non-hydrogen) atoms. The van der Waals surface area contributed by atoms with Crippen molar-refractivity contribution < 1.29 is 14.2 Å². The van der Waals surface area contributed by atoms with Crippen molar-refractivity contribution in [3.8, 4) is 5.75 Å². The van der Waals surface area contributed by atoms with E-state index in [1.165, 1.54) is 19.2 Å². The van der Waals surface area contributed by atoms with Crippen molar-refractivity contribution in [1.29, 1.82) is 0 Å². The minimum absolute atomic E-state index is 0.191. The van der Waals surface area contributed by atoms with E-state index in [4.69, 9.17) is 4.74 Å². The third kappa shape index (κ3) is 2.64. The molecular weight excluding hydrogens is 315 g/mol. The number of halogens is 2. The number of methoxy groups -OCH3 is 1. The molecule has 6 heteroatoms. The van der Waals surface area contributed by atoms with Crippen LogP contribution >= 0.6 is 15.9 Å². The monoisotopic (exact) mass is 328 g/mol. The molecule has 0 radical (unpaired) electrons. The Morgan fingerprint density at radius 1 is 1.53 bits per heavy atom. The van der Waals surface area contributed by atoms with Crippen molar-refractivity contribution in [2.75, 3.05) is 7.11 Å². The van der Waals surface area contributed by atoms with Crippen LogP contribution in [0.4, 0.5) is 4.39 Å². The van der Waals surface area contributed by atoms with E-state index in [1.54, 1.807) is 16.9 Å². The van der Waals surface area contributed by atoms with Crippen LogP contribution in [0.15, 0.2) is 28.9 Å². The van der Waals surface area contributed by atoms with Crippen LogP contribution in [0, 0.1) is 5.82 Å². The molecule has 1 heterocycles.